The molecule has 2 heterocycles. The van der Waals surface area contributed by atoms with Crippen molar-refractivity contribution in [2.45, 2.75) is 20.3 Å². The molecule has 1 amide bonds. The minimum absolute atomic E-state index is 0.113. The summed E-state index contributed by atoms with van der Waals surface area (Å²) in [6.45, 7) is 4.51. The van der Waals surface area contributed by atoms with Gasteiger partial charge in [0.15, 0.2) is 5.65 Å². The smallest absolute Gasteiger partial charge is 0.252 e. The topological polar surface area (TPSA) is 70.7 Å². The first kappa shape index (κ1) is 10.6. The van der Waals surface area contributed by atoms with Crippen molar-refractivity contribution in [2.24, 2.45) is 0 Å². The zero-order valence-corrected chi connectivity index (χ0v) is 9.37. The third-order valence-electron chi connectivity index (χ3n) is 2.32. The number of H-pyrrole nitrogens is 1. The molecule has 0 saturated heterocycles. The number of aromatic nitrogens is 3. The van der Waals surface area contributed by atoms with Crippen LogP contribution in [0.15, 0.2) is 12.3 Å². The molecule has 0 saturated carbocycles. The van der Waals surface area contributed by atoms with E-state index in [4.69, 9.17) is 0 Å². The van der Waals surface area contributed by atoms with E-state index in [1.807, 2.05) is 13.8 Å². The summed E-state index contributed by atoms with van der Waals surface area (Å²) in [5, 5.41) is 2.73. The summed E-state index contributed by atoms with van der Waals surface area (Å²) in [5.74, 6) is 0.772. The summed E-state index contributed by atoms with van der Waals surface area (Å²) in [5.41, 5.74) is 2.01. The fraction of sp³-hybridized carbons (Fsp3) is 0.364. The Balaban J connectivity index is 2.39. The third-order valence-corrected chi connectivity index (χ3v) is 2.32. The SMILES string of the molecule is CCNC(=O)c1cnc2[nH]c(CC)nc2c1. The third kappa shape index (κ3) is 1.88. The van der Waals surface area contributed by atoms with Crippen LogP contribution in [0.1, 0.15) is 30.0 Å². The van der Waals surface area contributed by atoms with Crippen LogP contribution in [0.2, 0.25) is 0 Å². The minimum Gasteiger partial charge on any atom is -0.352 e. The lowest BCUT2D eigenvalue weighted by Crippen LogP contribution is -2.22. The Morgan fingerprint density at radius 3 is 3.00 bits per heavy atom. The number of aromatic amines is 1. The molecule has 0 radical (unpaired) electrons. The predicted molar refractivity (Wildman–Crippen MR) is 61.3 cm³/mol. The highest BCUT2D eigenvalue weighted by Crippen LogP contribution is 2.11. The number of fused-ring (bicyclic) bond motifs is 1. The number of imidazole rings is 1. The maximum absolute atomic E-state index is 11.6. The summed E-state index contributed by atoms with van der Waals surface area (Å²) < 4.78 is 0. The van der Waals surface area contributed by atoms with Crippen molar-refractivity contribution in [3.8, 4) is 0 Å². The predicted octanol–water partition coefficient (Wildman–Crippen LogP) is 1.27. The number of hydrogen-bond donors (Lipinski definition) is 2. The van der Waals surface area contributed by atoms with Gasteiger partial charge in [-0.15, -0.1) is 0 Å². The summed E-state index contributed by atoms with van der Waals surface area (Å²) in [4.78, 5) is 23.2. The van der Waals surface area contributed by atoms with Crippen LogP contribution in [0.3, 0.4) is 0 Å². The van der Waals surface area contributed by atoms with E-state index in [1.54, 1.807) is 12.3 Å². The molecule has 2 aromatic heterocycles. The molecular weight excluding hydrogens is 204 g/mol. The first-order valence-corrected chi connectivity index (χ1v) is 5.37. The molecule has 16 heavy (non-hydrogen) atoms. The highest BCUT2D eigenvalue weighted by molar-refractivity contribution is 5.96. The highest BCUT2D eigenvalue weighted by Gasteiger charge is 2.08. The van der Waals surface area contributed by atoms with Crippen LogP contribution < -0.4 is 5.32 Å². The zero-order chi connectivity index (χ0) is 11.5. The number of nitrogens with one attached hydrogen (secondary N) is 2. The number of pyridine rings is 1. The fourth-order valence-electron chi connectivity index (χ4n) is 1.50. The van der Waals surface area contributed by atoms with E-state index in [0.717, 1.165) is 23.4 Å². The molecule has 0 aliphatic carbocycles. The number of rotatable bonds is 3. The van der Waals surface area contributed by atoms with Crippen molar-refractivity contribution in [2.75, 3.05) is 6.54 Å². The first-order chi connectivity index (χ1) is 7.74. The van der Waals surface area contributed by atoms with Gasteiger partial charge in [-0.1, -0.05) is 6.92 Å². The van der Waals surface area contributed by atoms with Crippen molar-refractivity contribution in [3.63, 3.8) is 0 Å². The fourth-order valence-corrected chi connectivity index (χ4v) is 1.50. The molecule has 5 heteroatoms. The second kappa shape index (κ2) is 4.30. The van der Waals surface area contributed by atoms with Gasteiger partial charge in [0.05, 0.1) is 5.56 Å². The Labute approximate surface area is 93.3 Å². The molecule has 0 bridgehead atoms. The second-order valence-corrected chi connectivity index (χ2v) is 3.49. The van der Waals surface area contributed by atoms with Crippen LogP contribution >= 0.6 is 0 Å². The molecule has 0 spiro atoms. The van der Waals surface area contributed by atoms with E-state index < -0.39 is 0 Å². The van der Waals surface area contributed by atoms with Crippen LogP contribution in [-0.2, 0) is 6.42 Å². The average Bonchev–Trinajstić information content (AvgIpc) is 2.70. The lowest BCUT2D eigenvalue weighted by molar-refractivity contribution is 0.0955. The monoisotopic (exact) mass is 218 g/mol. The highest BCUT2D eigenvalue weighted by atomic mass is 16.1. The van der Waals surface area contributed by atoms with Crippen LogP contribution in [0, 0.1) is 0 Å². The van der Waals surface area contributed by atoms with Crippen molar-refractivity contribution in [1.82, 2.24) is 20.3 Å². The van der Waals surface area contributed by atoms with Gasteiger partial charge in [-0.25, -0.2) is 9.97 Å². The van der Waals surface area contributed by atoms with Crippen LogP contribution in [0.25, 0.3) is 11.2 Å². The van der Waals surface area contributed by atoms with E-state index >= 15 is 0 Å². The van der Waals surface area contributed by atoms with Crippen molar-refractivity contribution < 1.29 is 4.79 Å². The molecule has 2 aromatic rings. The number of amides is 1. The zero-order valence-electron chi connectivity index (χ0n) is 9.37. The molecule has 0 atom stereocenters. The minimum atomic E-state index is -0.113. The molecule has 2 N–H and O–H groups in total. The quantitative estimate of drug-likeness (QED) is 0.815. The standard InChI is InChI=1S/C11H14N4O/c1-3-9-14-8-5-7(11(16)12-4-2)6-13-10(8)15-9/h5-6H,3-4H2,1-2H3,(H,12,16)(H,13,14,15). The van der Waals surface area contributed by atoms with Crippen molar-refractivity contribution in [1.29, 1.82) is 0 Å². The maximum atomic E-state index is 11.6. The number of aryl methyl sites for hydroxylation is 1. The molecule has 0 aliphatic rings. The van der Waals surface area contributed by atoms with Gasteiger partial charge in [0, 0.05) is 19.2 Å². The van der Waals surface area contributed by atoms with Gasteiger partial charge in [-0.3, -0.25) is 4.79 Å². The van der Waals surface area contributed by atoms with Crippen LogP contribution in [-0.4, -0.2) is 27.4 Å². The average molecular weight is 218 g/mol. The maximum Gasteiger partial charge on any atom is 0.252 e. The van der Waals surface area contributed by atoms with Gasteiger partial charge in [0.2, 0.25) is 0 Å². The van der Waals surface area contributed by atoms with Crippen molar-refractivity contribution >= 4 is 17.1 Å². The summed E-state index contributed by atoms with van der Waals surface area (Å²) in [7, 11) is 0. The number of carbonyl (C=O) groups is 1. The van der Waals surface area contributed by atoms with E-state index in [1.165, 1.54) is 0 Å². The number of nitrogens with zero attached hydrogens (tertiary/aromatic N) is 2. The summed E-state index contributed by atoms with van der Waals surface area (Å²) >= 11 is 0. The molecule has 84 valence electrons. The van der Waals surface area contributed by atoms with Crippen LogP contribution in [0.4, 0.5) is 0 Å². The van der Waals surface area contributed by atoms with Crippen LogP contribution in [0.5, 0.6) is 0 Å². The van der Waals surface area contributed by atoms with Gasteiger partial charge in [0.1, 0.15) is 11.3 Å². The molecule has 0 aromatic carbocycles. The summed E-state index contributed by atoms with van der Waals surface area (Å²) in [6, 6.07) is 1.75. The molecular formula is C11H14N4O. The number of hydrogen-bond acceptors (Lipinski definition) is 3. The Morgan fingerprint density at radius 2 is 2.31 bits per heavy atom. The molecule has 0 aliphatic heterocycles. The van der Waals surface area contributed by atoms with Gasteiger partial charge >= 0.3 is 0 Å². The summed E-state index contributed by atoms with van der Waals surface area (Å²) in [6.07, 6.45) is 2.39. The molecule has 2 rings (SSSR count). The van der Waals surface area contributed by atoms with E-state index in [2.05, 4.69) is 20.3 Å². The molecule has 5 nitrogen and oxygen atoms in total. The Morgan fingerprint density at radius 1 is 1.50 bits per heavy atom. The van der Waals surface area contributed by atoms with E-state index in [-0.39, 0.29) is 5.91 Å². The Hall–Kier alpha value is -1.91. The van der Waals surface area contributed by atoms with Gasteiger partial charge in [-0.05, 0) is 13.0 Å². The number of carbonyl (C=O) groups excluding carboxylic acids is 1. The van der Waals surface area contributed by atoms with Gasteiger partial charge in [-0.2, -0.15) is 0 Å². The largest absolute Gasteiger partial charge is 0.352 e. The Bertz CT molecular complexity index is 518. The van der Waals surface area contributed by atoms with Crippen molar-refractivity contribution in [3.05, 3.63) is 23.7 Å². The second-order valence-electron chi connectivity index (χ2n) is 3.49. The lowest BCUT2D eigenvalue weighted by atomic mass is 10.2. The molecule has 0 unspecified atom stereocenters. The van der Waals surface area contributed by atoms with E-state index in [0.29, 0.717) is 12.1 Å². The first-order valence-electron chi connectivity index (χ1n) is 5.37. The van der Waals surface area contributed by atoms with E-state index in [9.17, 15) is 4.79 Å². The molecule has 0 fully saturated rings. The Kier molecular flexibility index (Phi) is 2.85. The lowest BCUT2D eigenvalue weighted by Gasteiger charge is -2.00. The van der Waals surface area contributed by atoms with Gasteiger partial charge < -0.3 is 10.3 Å². The van der Waals surface area contributed by atoms with Gasteiger partial charge in [0.25, 0.3) is 5.91 Å². The normalized spacial score (nSPS) is 10.6.